The summed E-state index contributed by atoms with van der Waals surface area (Å²) in [6.45, 7) is 0. The van der Waals surface area contributed by atoms with Crippen molar-refractivity contribution >= 4 is 5.91 Å². The first-order chi connectivity index (χ1) is 9.20. The van der Waals surface area contributed by atoms with Crippen molar-refractivity contribution in [3.8, 4) is 5.75 Å². The zero-order valence-electron chi connectivity index (χ0n) is 11.1. The Bertz CT molecular complexity index is 428. The molecule has 5 heteroatoms. The molecule has 0 radical (unpaired) electrons. The Hall–Kier alpha value is -1.59. The van der Waals surface area contributed by atoms with Gasteiger partial charge in [0, 0.05) is 6.04 Å². The Morgan fingerprint density at radius 2 is 1.95 bits per heavy atom. The van der Waals surface area contributed by atoms with Crippen LogP contribution in [-0.2, 0) is 4.84 Å². The summed E-state index contributed by atoms with van der Waals surface area (Å²) in [6.07, 6.45) is 3.70. The summed E-state index contributed by atoms with van der Waals surface area (Å²) in [6, 6.07) is 7.32. The van der Waals surface area contributed by atoms with Crippen LogP contribution in [0.25, 0.3) is 0 Å². The van der Waals surface area contributed by atoms with Gasteiger partial charge in [-0.05, 0) is 37.8 Å². The lowest BCUT2D eigenvalue weighted by Gasteiger charge is -2.25. The highest BCUT2D eigenvalue weighted by Crippen LogP contribution is 2.20. The van der Waals surface area contributed by atoms with Crippen LogP contribution in [0.5, 0.6) is 5.75 Å². The van der Waals surface area contributed by atoms with E-state index >= 15 is 0 Å². The fraction of sp³-hybridized carbons (Fsp3) is 0.500. The molecule has 1 amide bonds. The monoisotopic (exact) mass is 264 g/mol. The van der Waals surface area contributed by atoms with Crippen LogP contribution in [-0.4, -0.2) is 25.2 Å². The van der Waals surface area contributed by atoms with Gasteiger partial charge >= 0.3 is 0 Å². The number of para-hydroxylation sites is 1. The largest absolute Gasteiger partial charge is 0.496 e. The standard InChI is InChI=1S/C14H20N2O3/c1-18-13-5-3-2-4-12(13)14(17)16-19-11-8-6-10(15)7-9-11/h2-5,10-11H,6-9,15H2,1H3,(H,16,17). The van der Waals surface area contributed by atoms with Gasteiger partial charge < -0.3 is 10.5 Å². The highest BCUT2D eigenvalue weighted by molar-refractivity contribution is 5.96. The van der Waals surface area contributed by atoms with E-state index < -0.39 is 0 Å². The van der Waals surface area contributed by atoms with Crippen molar-refractivity contribution in [3.63, 3.8) is 0 Å². The van der Waals surface area contributed by atoms with Gasteiger partial charge in [0.15, 0.2) is 0 Å². The lowest BCUT2D eigenvalue weighted by Crippen LogP contribution is -2.35. The van der Waals surface area contributed by atoms with E-state index in [1.54, 1.807) is 18.2 Å². The molecule has 0 heterocycles. The van der Waals surface area contributed by atoms with Crippen LogP contribution < -0.4 is 16.0 Å². The van der Waals surface area contributed by atoms with Gasteiger partial charge in [-0.15, -0.1) is 0 Å². The van der Waals surface area contributed by atoms with E-state index in [9.17, 15) is 4.79 Å². The molecule has 1 fully saturated rings. The summed E-state index contributed by atoms with van der Waals surface area (Å²) in [7, 11) is 1.54. The number of nitrogens with one attached hydrogen (secondary N) is 1. The van der Waals surface area contributed by atoms with Crippen LogP contribution in [0.15, 0.2) is 24.3 Å². The highest BCUT2D eigenvalue weighted by atomic mass is 16.7. The summed E-state index contributed by atoms with van der Waals surface area (Å²) in [5.41, 5.74) is 8.79. The number of amides is 1. The molecule has 1 aromatic rings. The molecule has 0 aliphatic heterocycles. The van der Waals surface area contributed by atoms with Crippen LogP contribution in [0.4, 0.5) is 0 Å². The third-order valence-electron chi connectivity index (χ3n) is 3.39. The third kappa shape index (κ3) is 3.68. The maximum Gasteiger partial charge on any atom is 0.278 e. The molecule has 1 saturated carbocycles. The summed E-state index contributed by atoms with van der Waals surface area (Å²) in [4.78, 5) is 17.4. The first kappa shape index (κ1) is 13.8. The van der Waals surface area contributed by atoms with Gasteiger partial charge in [-0.3, -0.25) is 9.63 Å². The number of methoxy groups -OCH3 is 1. The first-order valence-corrected chi connectivity index (χ1v) is 6.55. The van der Waals surface area contributed by atoms with Crippen LogP contribution in [0.3, 0.4) is 0 Å². The number of hydrogen-bond acceptors (Lipinski definition) is 4. The Balaban J connectivity index is 1.87. The molecule has 0 saturated heterocycles. The van der Waals surface area contributed by atoms with E-state index in [-0.39, 0.29) is 18.1 Å². The van der Waals surface area contributed by atoms with Crippen LogP contribution in [0, 0.1) is 0 Å². The summed E-state index contributed by atoms with van der Waals surface area (Å²) in [5, 5.41) is 0. The van der Waals surface area contributed by atoms with E-state index in [1.807, 2.05) is 6.07 Å². The number of benzene rings is 1. The average molecular weight is 264 g/mol. The van der Waals surface area contributed by atoms with E-state index in [0.717, 1.165) is 25.7 Å². The fourth-order valence-corrected chi connectivity index (χ4v) is 2.23. The van der Waals surface area contributed by atoms with Crippen molar-refractivity contribution in [1.82, 2.24) is 5.48 Å². The number of hydrogen-bond donors (Lipinski definition) is 2. The molecule has 0 unspecified atom stereocenters. The molecule has 19 heavy (non-hydrogen) atoms. The van der Waals surface area contributed by atoms with E-state index in [1.165, 1.54) is 7.11 Å². The fourth-order valence-electron chi connectivity index (χ4n) is 2.23. The molecule has 0 atom stereocenters. The molecule has 0 aromatic heterocycles. The normalized spacial score (nSPS) is 22.8. The van der Waals surface area contributed by atoms with Gasteiger partial charge in [-0.2, -0.15) is 0 Å². The van der Waals surface area contributed by atoms with Crippen LogP contribution in [0.1, 0.15) is 36.0 Å². The van der Waals surface area contributed by atoms with Gasteiger partial charge in [0.25, 0.3) is 5.91 Å². The molecular formula is C14H20N2O3. The lowest BCUT2D eigenvalue weighted by molar-refractivity contribution is -0.0332. The smallest absolute Gasteiger partial charge is 0.278 e. The number of rotatable bonds is 4. The third-order valence-corrected chi connectivity index (χ3v) is 3.39. The van der Waals surface area contributed by atoms with Crippen molar-refractivity contribution in [2.45, 2.75) is 37.8 Å². The maximum atomic E-state index is 12.0. The zero-order valence-corrected chi connectivity index (χ0v) is 11.1. The van der Waals surface area contributed by atoms with Gasteiger partial charge in [0.1, 0.15) is 5.75 Å². The zero-order chi connectivity index (χ0) is 13.7. The van der Waals surface area contributed by atoms with Gasteiger partial charge in [0.05, 0.1) is 18.8 Å². The second kappa shape index (κ2) is 6.54. The van der Waals surface area contributed by atoms with Crippen molar-refractivity contribution in [2.24, 2.45) is 5.73 Å². The Morgan fingerprint density at radius 3 is 2.63 bits per heavy atom. The quantitative estimate of drug-likeness (QED) is 0.811. The number of nitrogens with two attached hydrogens (primary N) is 1. The second-order valence-electron chi connectivity index (χ2n) is 4.79. The maximum absolute atomic E-state index is 12.0. The minimum atomic E-state index is -0.285. The van der Waals surface area contributed by atoms with Crippen molar-refractivity contribution in [2.75, 3.05) is 7.11 Å². The molecule has 104 valence electrons. The summed E-state index contributed by atoms with van der Waals surface area (Å²) >= 11 is 0. The molecule has 0 bridgehead atoms. The lowest BCUT2D eigenvalue weighted by atomic mass is 9.94. The van der Waals surface area contributed by atoms with E-state index in [2.05, 4.69) is 5.48 Å². The Kier molecular flexibility index (Phi) is 4.76. The topological polar surface area (TPSA) is 73.6 Å². The molecule has 1 aliphatic rings. The van der Waals surface area contributed by atoms with Gasteiger partial charge in [0.2, 0.25) is 0 Å². The highest BCUT2D eigenvalue weighted by Gasteiger charge is 2.20. The van der Waals surface area contributed by atoms with Crippen LogP contribution >= 0.6 is 0 Å². The summed E-state index contributed by atoms with van der Waals surface area (Å²) < 4.78 is 5.14. The molecule has 2 rings (SSSR count). The second-order valence-corrected chi connectivity index (χ2v) is 4.79. The van der Waals surface area contributed by atoms with Crippen molar-refractivity contribution in [3.05, 3.63) is 29.8 Å². The SMILES string of the molecule is COc1ccccc1C(=O)NOC1CCC(N)CC1. The predicted molar refractivity (Wildman–Crippen MR) is 71.8 cm³/mol. The molecular weight excluding hydrogens is 244 g/mol. The minimum Gasteiger partial charge on any atom is -0.496 e. The van der Waals surface area contributed by atoms with E-state index in [0.29, 0.717) is 11.3 Å². The number of carbonyl (C=O) groups excluding carboxylic acids is 1. The van der Waals surface area contributed by atoms with Gasteiger partial charge in [-0.1, -0.05) is 12.1 Å². The first-order valence-electron chi connectivity index (χ1n) is 6.55. The minimum absolute atomic E-state index is 0.0541. The molecule has 1 aliphatic carbocycles. The van der Waals surface area contributed by atoms with Crippen molar-refractivity contribution < 1.29 is 14.4 Å². The number of carbonyl (C=O) groups is 1. The molecule has 5 nitrogen and oxygen atoms in total. The average Bonchev–Trinajstić information content (AvgIpc) is 2.46. The molecule has 3 N–H and O–H groups in total. The predicted octanol–water partition coefficient (Wildman–Crippen LogP) is 1.63. The summed E-state index contributed by atoms with van der Waals surface area (Å²) in [5.74, 6) is 0.251. The van der Waals surface area contributed by atoms with Gasteiger partial charge in [-0.25, -0.2) is 5.48 Å². The molecule has 1 aromatic carbocycles. The number of ether oxygens (including phenoxy) is 1. The van der Waals surface area contributed by atoms with Crippen LogP contribution in [0.2, 0.25) is 0 Å². The van der Waals surface area contributed by atoms with E-state index in [4.69, 9.17) is 15.3 Å². The number of hydroxylamine groups is 1. The Morgan fingerprint density at radius 1 is 1.26 bits per heavy atom. The Labute approximate surface area is 113 Å². The molecule has 0 spiro atoms. The van der Waals surface area contributed by atoms with Crippen molar-refractivity contribution in [1.29, 1.82) is 0 Å².